The number of likely N-dealkylation sites (tertiary alicyclic amines) is 1. The van der Waals surface area contributed by atoms with Crippen LogP contribution in [0.1, 0.15) is 19.8 Å². The summed E-state index contributed by atoms with van der Waals surface area (Å²) in [6.07, 6.45) is 1.28. The second-order valence-corrected chi connectivity index (χ2v) is 10.2. The Hall–Kier alpha value is -1.65. The van der Waals surface area contributed by atoms with E-state index in [1.165, 1.54) is 18.4 Å². The number of anilines is 1. The summed E-state index contributed by atoms with van der Waals surface area (Å²) in [5.41, 5.74) is 0.524. The second-order valence-electron chi connectivity index (χ2n) is 6.87. The average Bonchev–Trinajstić information content (AvgIpc) is 3.24. The van der Waals surface area contributed by atoms with Crippen LogP contribution in [0, 0.1) is 0 Å². The van der Waals surface area contributed by atoms with E-state index in [2.05, 4.69) is 10.0 Å². The lowest BCUT2D eigenvalue weighted by atomic mass is 10.0. The summed E-state index contributed by atoms with van der Waals surface area (Å²) >= 11 is 7.22. The first-order valence-corrected chi connectivity index (χ1v) is 12.0. The van der Waals surface area contributed by atoms with E-state index in [4.69, 9.17) is 16.3 Å². The first kappa shape index (κ1) is 22.0. The zero-order valence-electron chi connectivity index (χ0n) is 16.2. The molecule has 29 heavy (non-hydrogen) atoms. The average molecular weight is 458 g/mol. The summed E-state index contributed by atoms with van der Waals surface area (Å²) in [5.74, 6) is 0.375. The number of halogens is 1. The van der Waals surface area contributed by atoms with Gasteiger partial charge in [-0.25, -0.2) is 13.1 Å². The molecular formula is C19H24ClN3O4S2. The fourth-order valence-corrected chi connectivity index (χ4v) is 5.77. The number of methoxy groups -OCH3 is 1. The summed E-state index contributed by atoms with van der Waals surface area (Å²) in [5, 5.41) is 5.12. The van der Waals surface area contributed by atoms with E-state index >= 15 is 0 Å². The van der Waals surface area contributed by atoms with Gasteiger partial charge in [0.15, 0.2) is 0 Å². The van der Waals surface area contributed by atoms with Gasteiger partial charge in [-0.1, -0.05) is 17.7 Å². The molecule has 2 N–H and O–H groups in total. The van der Waals surface area contributed by atoms with Crippen LogP contribution in [0.5, 0.6) is 5.75 Å². The van der Waals surface area contributed by atoms with Crippen LogP contribution < -0.4 is 14.8 Å². The lowest BCUT2D eigenvalue weighted by molar-refractivity contribution is -0.121. The Labute approximate surface area is 180 Å². The molecule has 1 aromatic heterocycles. The minimum Gasteiger partial charge on any atom is -0.495 e. The van der Waals surface area contributed by atoms with Crippen LogP contribution in [0.15, 0.2) is 39.9 Å². The normalized spacial score (nSPS) is 17.1. The van der Waals surface area contributed by atoms with Crippen LogP contribution in [-0.4, -0.2) is 51.5 Å². The summed E-state index contributed by atoms with van der Waals surface area (Å²) in [7, 11) is -1.95. The Bertz CT molecular complexity index is 942. The van der Waals surface area contributed by atoms with Crippen molar-refractivity contribution in [2.45, 2.75) is 36.1 Å². The van der Waals surface area contributed by atoms with E-state index in [0.717, 1.165) is 0 Å². The Morgan fingerprint density at radius 1 is 1.31 bits per heavy atom. The molecule has 0 radical (unpaired) electrons. The molecule has 2 heterocycles. The Morgan fingerprint density at radius 3 is 2.66 bits per heavy atom. The van der Waals surface area contributed by atoms with E-state index in [1.54, 1.807) is 35.7 Å². The third-order valence-electron chi connectivity index (χ3n) is 4.96. The van der Waals surface area contributed by atoms with Crippen molar-refractivity contribution >= 4 is 44.6 Å². The largest absolute Gasteiger partial charge is 0.495 e. The maximum atomic E-state index is 12.7. The molecule has 10 heteroatoms. The van der Waals surface area contributed by atoms with Crippen molar-refractivity contribution in [3.63, 3.8) is 0 Å². The van der Waals surface area contributed by atoms with Crippen molar-refractivity contribution in [2.24, 2.45) is 0 Å². The number of carbonyl (C=O) groups is 1. The molecule has 1 aromatic carbocycles. The van der Waals surface area contributed by atoms with Gasteiger partial charge in [-0.05, 0) is 49.4 Å². The third-order valence-corrected chi connectivity index (χ3v) is 8.11. The second kappa shape index (κ2) is 9.44. The number of nitrogens with zero attached hydrogens (tertiary/aromatic N) is 1. The van der Waals surface area contributed by atoms with Crippen molar-refractivity contribution in [2.75, 3.05) is 25.5 Å². The summed E-state index contributed by atoms with van der Waals surface area (Å²) in [6, 6.07) is 7.86. The Balaban J connectivity index is 1.55. The van der Waals surface area contributed by atoms with E-state index in [9.17, 15) is 13.2 Å². The number of piperidine rings is 1. The maximum absolute atomic E-state index is 12.7. The zero-order chi connectivity index (χ0) is 21.0. The Kier molecular flexibility index (Phi) is 7.18. The molecular weight excluding hydrogens is 434 g/mol. The summed E-state index contributed by atoms with van der Waals surface area (Å²) in [6.45, 7) is 3.08. The molecule has 1 fully saturated rings. The first-order valence-electron chi connectivity index (χ1n) is 9.24. The van der Waals surface area contributed by atoms with Crippen molar-refractivity contribution in [1.82, 2.24) is 9.62 Å². The first-order chi connectivity index (χ1) is 13.8. The number of hydrogen-bond acceptors (Lipinski definition) is 6. The molecule has 1 saturated heterocycles. The number of carbonyl (C=O) groups excluding carboxylic acids is 1. The minimum absolute atomic E-state index is 0.137. The van der Waals surface area contributed by atoms with Crippen molar-refractivity contribution < 1.29 is 17.9 Å². The van der Waals surface area contributed by atoms with Gasteiger partial charge in [0.25, 0.3) is 0 Å². The predicted molar refractivity (Wildman–Crippen MR) is 115 cm³/mol. The Morgan fingerprint density at radius 2 is 2.03 bits per heavy atom. The van der Waals surface area contributed by atoms with E-state index < -0.39 is 10.0 Å². The quantitative estimate of drug-likeness (QED) is 0.666. The highest BCUT2D eigenvalue weighted by atomic mass is 35.5. The lowest BCUT2D eigenvalue weighted by Gasteiger charge is -2.35. The van der Waals surface area contributed by atoms with E-state index in [1.807, 2.05) is 11.8 Å². The van der Waals surface area contributed by atoms with Crippen molar-refractivity contribution in [1.29, 1.82) is 0 Å². The highest BCUT2D eigenvalue weighted by Crippen LogP contribution is 2.28. The molecule has 2 aromatic rings. The number of ether oxygens (including phenoxy) is 1. The van der Waals surface area contributed by atoms with Gasteiger partial charge in [0, 0.05) is 24.2 Å². The summed E-state index contributed by atoms with van der Waals surface area (Å²) < 4.78 is 33.1. The van der Waals surface area contributed by atoms with Crippen LogP contribution in [-0.2, 0) is 14.8 Å². The fraction of sp³-hybridized carbons (Fsp3) is 0.421. The number of thiophene rings is 1. The van der Waals surface area contributed by atoms with Gasteiger partial charge in [0.2, 0.25) is 15.9 Å². The number of rotatable bonds is 7. The van der Waals surface area contributed by atoms with E-state index in [-0.39, 0.29) is 18.0 Å². The third kappa shape index (κ3) is 5.49. The number of amides is 1. The van der Waals surface area contributed by atoms with Gasteiger partial charge in [-0.15, -0.1) is 11.3 Å². The van der Waals surface area contributed by atoms with Gasteiger partial charge in [0.1, 0.15) is 9.96 Å². The molecule has 1 aliphatic rings. The van der Waals surface area contributed by atoms with Crippen molar-refractivity contribution in [3.05, 3.63) is 40.7 Å². The SMILES string of the molecule is COc1ccc(Cl)cc1NC(=O)[C@@H](C)N1CCC(NS(=O)(=O)c2cccs2)CC1. The molecule has 0 aliphatic carbocycles. The highest BCUT2D eigenvalue weighted by Gasteiger charge is 2.29. The molecule has 1 amide bonds. The predicted octanol–water partition coefficient (Wildman–Crippen LogP) is 3.18. The van der Waals surface area contributed by atoms with Crippen LogP contribution in [0.25, 0.3) is 0 Å². The van der Waals surface area contributed by atoms with Gasteiger partial charge < -0.3 is 10.1 Å². The molecule has 0 unspecified atom stereocenters. The van der Waals surface area contributed by atoms with Crippen LogP contribution in [0.2, 0.25) is 5.02 Å². The monoisotopic (exact) mass is 457 g/mol. The molecule has 158 valence electrons. The lowest BCUT2D eigenvalue weighted by Crippen LogP contribution is -2.50. The standard InChI is InChI=1S/C19H24ClN3O4S2/c1-13(19(24)21-16-12-14(20)5-6-17(16)27-2)23-9-7-15(8-10-23)22-29(25,26)18-4-3-11-28-18/h3-6,11-13,15,22H,7-10H2,1-2H3,(H,21,24)/t13-/m1/s1. The van der Waals surface area contributed by atoms with Crippen LogP contribution in [0.4, 0.5) is 5.69 Å². The molecule has 0 bridgehead atoms. The molecule has 1 aliphatic heterocycles. The smallest absolute Gasteiger partial charge is 0.250 e. The van der Waals surface area contributed by atoms with Gasteiger partial charge >= 0.3 is 0 Å². The minimum atomic E-state index is -3.48. The molecule has 0 saturated carbocycles. The summed E-state index contributed by atoms with van der Waals surface area (Å²) in [4.78, 5) is 14.7. The van der Waals surface area contributed by atoms with E-state index in [0.29, 0.717) is 46.6 Å². The number of sulfonamides is 1. The van der Waals surface area contributed by atoms with Crippen molar-refractivity contribution in [3.8, 4) is 5.75 Å². The van der Waals surface area contributed by atoms with Crippen LogP contribution >= 0.6 is 22.9 Å². The maximum Gasteiger partial charge on any atom is 0.250 e. The molecule has 1 atom stereocenters. The molecule has 3 rings (SSSR count). The topological polar surface area (TPSA) is 87.7 Å². The number of nitrogens with one attached hydrogen (secondary N) is 2. The fourth-order valence-electron chi connectivity index (χ4n) is 3.28. The molecule has 7 nitrogen and oxygen atoms in total. The number of hydrogen-bond donors (Lipinski definition) is 2. The zero-order valence-corrected chi connectivity index (χ0v) is 18.6. The number of benzene rings is 1. The molecule has 0 spiro atoms. The van der Waals surface area contributed by atoms with Gasteiger partial charge in [-0.3, -0.25) is 9.69 Å². The highest BCUT2D eigenvalue weighted by molar-refractivity contribution is 7.91. The van der Waals surface area contributed by atoms with Gasteiger partial charge in [0.05, 0.1) is 18.8 Å². The van der Waals surface area contributed by atoms with Crippen LogP contribution in [0.3, 0.4) is 0 Å². The van der Waals surface area contributed by atoms with Gasteiger partial charge in [-0.2, -0.15) is 0 Å².